The molecular formula is C26H29N5O5S. The van der Waals surface area contributed by atoms with E-state index in [1.54, 1.807) is 66.7 Å². The van der Waals surface area contributed by atoms with Crippen molar-refractivity contribution in [2.24, 2.45) is 21.9 Å². The third-order valence-electron chi connectivity index (χ3n) is 5.42. The molecule has 0 unspecified atom stereocenters. The summed E-state index contributed by atoms with van der Waals surface area (Å²) >= 11 is 0. The zero-order valence-corrected chi connectivity index (χ0v) is 21.3. The van der Waals surface area contributed by atoms with E-state index in [0.29, 0.717) is 34.5 Å². The molecule has 0 saturated heterocycles. The van der Waals surface area contributed by atoms with Crippen molar-refractivity contribution in [3.63, 3.8) is 0 Å². The number of hydrogen-bond donors (Lipinski definition) is 4. The number of primary sulfonamides is 1. The second kappa shape index (κ2) is 11.7. The van der Waals surface area contributed by atoms with Crippen molar-refractivity contribution in [1.82, 2.24) is 4.90 Å². The van der Waals surface area contributed by atoms with Gasteiger partial charge in [0, 0.05) is 29.9 Å². The fraction of sp³-hybridized carbons (Fsp3) is 0.192. The van der Waals surface area contributed by atoms with Crippen LogP contribution >= 0.6 is 0 Å². The summed E-state index contributed by atoms with van der Waals surface area (Å²) in [6.45, 7) is 4.36. The summed E-state index contributed by atoms with van der Waals surface area (Å²) < 4.78 is 23.8. The molecule has 11 heteroatoms. The molecule has 0 radical (unpaired) electrons. The van der Waals surface area contributed by atoms with Crippen LogP contribution in [0, 0.1) is 5.92 Å². The van der Waals surface area contributed by atoms with Gasteiger partial charge in [-0.3, -0.25) is 9.59 Å². The lowest BCUT2D eigenvalue weighted by Gasteiger charge is -2.24. The third-order valence-corrected chi connectivity index (χ3v) is 6.39. The highest BCUT2D eigenvalue weighted by Gasteiger charge is 2.23. The molecule has 3 rings (SSSR count). The molecule has 0 aromatic heterocycles. The average molecular weight is 524 g/mol. The molecule has 3 aromatic carbocycles. The first-order valence-corrected chi connectivity index (χ1v) is 12.9. The van der Waals surface area contributed by atoms with Crippen molar-refractivity contribution in [1.29, 1.82) is 0 Å². The second-order valence-corrected chi connectivity index (χ2v) is 10.4. The lowest BCUT2D eigenvalue weighted by molar-refractivity contribution is -0.143. The SMILES string of the molecule is CC(C)CN(Cc1cccc(/C(N)=N/O)c1)C(=O)C(=O)Nc1ccc(-c2ccccc2S(N)(=O)=O)cc1. The van der Waals surface area contributed by atoms with Gasteiger partial charge in [0.15, 0.2) is 5.84 Å². The van der Waals surface area contributed by atoms with Crippen molar-refractivity contribution < 1.29 is 23.2 Å². The highest BCUT2D eigenvalue weighted by molar-refractivity contribution is 7.89. The molecule has 0 fully saturated rings. The predicted molar refractivity (Wildman–Crippen MR) is 141 cm³/mol. The minimum Gasteiger partial charge on any atom is -0.409 e. The Balaban J connectivity index is 1.77. The predicted octanol–water partition coefficient (Wildman–Crippen LogP) is 2.72. The topological polar surface area (TPSA) is 168 Å². The number of benzene rings is 3. The summed E-state index contributed by atoms with van der Waals surface area (Å²) in [6.07, 6.45) is 0. The largest absolute Gasteiger partial charge is 0.409 e. The Morgan fingerprint density at radius 1 is 1.03 bits per heavy atom. The lowest BCUT2D eigenvalue weighted by atomic mass is 10.1. The molecule has 194 valence electrons. The van der Waals surface area contributed by atoms with E-state index in [4.69, 9.17) is 16.1 Å². The fourth-order valence-electron chi connectivity index (χ4n) is 3.78. The van der Waals surface area contributed by atoms with Crippen LogP contribution in [-0.2, 0) is 26.2 Å². The number of amides is 2. The number of nitrogens with one attached hydrogen (secondary N) is 1. The number of nitrogens with two attached hydrogens (primary N) is 2. The normalized spacial score (nSPS) is 11.8. The number of anilines is 1. The van der Waals surface area contributed by atoms with Crippen LogP contribution in [0.3, 0.4) is 0 Å². The number of carbonyl (C=O) groups is 2. The van der Waals surface area contributed by atoms with Crippen LogP contribution in [0.25, 0.3) is 11.1 Å². The third kappa shape index (κ3) is 7.15. The molecule has 0 saturated carbocycles. The van der Waals surface area contributed by atoms with Gasteiger partial charge >= 0.3 is 11.8 Å². The summed E-state index contributed by atoms with van der Waals surface area (Å²) in [5.74, 6) is -1.49. The molecule has 0 aliphatic heterocycles. The van der Waals surface area contributed by atoms with Crippen LogP contribution in [-0.4, -0.2) is 42.7 Å². The van der Waals surface area contributed by atoms with Gasteiger partial charge < -0.3 is 21.2 Å². The van der Waals surface area contributed by atoms with Gasteiger partial charge in [-0.1, -0.05) is 67.5 Å². The van der Waals surface area contributed by atoms with E-state index in [1.165, 1.54) is 11.0 Å². The Hall–Kier alpha value is -4.22. The van der Waals surface area contributed by atoms with E-state index in [9.17, 15) is 18.0 Å². The molecule has 2 amide bonds. The van der Waals surface area contributed by atoms with Crippen molar-refractivity contribution in [3.8, 4) is 11.1 Å². The zero-order valence-electron chi connectivity index (χ0n) is 20.5. The van der Waals surface area contributed by atoms with Gasteiger partial charge in [0.05, 0.1) is 4.90 Å². The van der Waals surface area contributed by atoms with Crippen LogP contribution in [0.2, 0.25) is 0 Å². The molecule has 0 heterocycles. The first kappa shape index (κ1) is 27.4. The number of amidine groups is 1. The highest BCUT2D eigenvalue weighted by Crippen LogP contribution is 2.27. The minimum atomic E-state index is -3.92. The van der Waals surface area contributed by atoms with Crippen LogP contribution in [0.5, 0.6) is 0 Å². The Morgan fingerprint density at radius 2 is 1.70 bits per heavy atom. The van der Waals surface area contributed by atoms with Crippen molar-refractivity contribution in [2.75, 3.05) is 11.9 Å². The molecule has 6 N–H and O–H groups in total. The highest BCUT2D eigenvalue weighted by atomic mass is 32.2. The average Bonchev–Trinajstić information content (AvgIpc) is 2.87. The maximum absolute atomic E-state index is 13.1. The minimum absolute atomic E-state index is 0.0117. The van der Waals surface area contributed by atoms with E-state index >= 15 is 0 Å². The standard InChI is InChI=1S/C26H29N5O5S/c1-17(2)15-31(16-18-6-5-7-20(14-18)24(27)30-34)26(33)25(32)29-21-12-10-19(11-13-21)22-8-3-4-9-23(22)37(28,35)36/h3-14,17,34H,15-16H2,1-2H3,(H2,27,30)(H,29,32)(H2,28,35,36). The van der Waals surface area contributed by atoms with Crippen LogP contribution in [0.4, 0.5) is 5.69 Å². The van der Waals surface area contributed by atoms with Crippen molar-refractivity contribution in [2.45, 2.75) is 25.3 Å². The Morgan fingerprint density at radius 3 is 2.32 bits per heavy atom. The van der Waals surface area contributed by atoms with E-state index < -0.39 is 21.8 Å². The summed E-state index contributed by atoms with van der Waals surface area (Å²) in [6, 6.07) is 19.6. The Labute approximate surface area is 215 Å². The second-order valence-electron chi connectivity index (χ2n) is 8.84. The number of oxime groups is 1. The summed E-state index contributed by atoms with van der Waals surface area (Å²) in [4.78, 5) is 27.3. The lowest BCUT2D eigenvalue weighted by Crippen LogP contribution is -2.41. The number of hydrogen-bond acceptors (Lipinski definition) is 6. The van der Waals surface area contributed by atoms with E-state index in [-0.39, 0.29) is 23.2 Å². The van der Waals surface area contributed by atoms with Gasteiger partial charge in [0.25, 0.3) is 0 Å². The molecule has 0 bridgehead atoms. The summed E-state index contributed by atoms with van der Waals surface area (Å²) in [7, 11) is -3.92. The molecule has 0 aliphatic carbocycles. The molecule has 3 aromatic rings. The fourth-order valence-corrected chi connectivity index (χ4v) is 4.54. The van der Waals surface area contributed by atoms with E-state index in [2.05, 4.69) is 10.5 Å². The monoisotopic (exact) mass is 523 g/mol. The molecule has 10 nitrogen and oxygen atoms in total. The van der Waals surface area contributed by atoms with Gasteiger partial charge in [-0.15, -0.1) is 0 Å². The molecule has 0 aliphatic rings. The van der Waals surface area contributed by atoms with Crippen LogP contribution in [0.15, 0.2) is 82.8 Å². The van der Waals surface area contributed by atoms with Crippen LogP contribution in [0.1, 0.15) is 25.0 Å². The maximum Gasteiger partial charge on any atom is 0.313 e. The number of sulfonamides is 1. The number of nitrogens with zero attached hydrogens (tertiary/aromatic N) is 2. The maximum atomic E-state index is 13.1. The molecule has 0 atom stereocenters. The first-order valence-electron chi connectivity index (χ1n) is 11.4. The summed E-state index contributed by atoms with van der Waals surface area (Å²) in [5.41, 5.74) is 8.25. The van der Waals surface area contributed by atoms with Gasteiger partial charge in [0.1, 0.15) is 0 Å². The number of carbonyl (C=O) groups excluding carboxylic acids is 2. The Bertz CT molecular complexity index is 1420. The quantitative estimate of drug-likeness (QED) is 0.116. The van der Waals surface area contributed by atoms with Gasteiger partial charge in [0.2, 0.25) is 10.0 Å². The van der Waals surface area contributed by atoms with Crippen LogP contribution < -0.4 is 16.2 Å². The van der Waals surface area contributed by atoms with Gasteiger partial charge in [-0.05, 0) is 41.3 Å². The van der Waals surface area contributed by atoms with E-state index in [1.807, 2.05) is 13.8 Å². The zero-order chi connectivity index (χ0) is 27.2. The van der Waals surface area contributed by atoms with E-state index in [0.717, 1.165) is 0 Å². The van der Waals surface area contributed by atoms with Gasteiger partial charge in [-0.25, -0.2) is 13.6 Å². The summed E-state index contributed by atoms with van der Waals surface area (Å²) in [5, 5.41) is 19.8. The van der Waals surface area contributed by atoms with Crippen molar-refractivity contribution >= 4 is 33.4 Å². The number of rotatable bonds is 8. The molecule has 0 spiro atoms. The van der Waals surface area contributed by atoms with Crippen molar-refractivity contribution in [3.05, 3.63) is 83.9 Å². The molecular weight excluding hydrogens is 494 g/mol. The molecule has 37 heavy (non-hydrogen) atoms. The first-order chi connectivity index (χ1) is 17.5. The smallest absolute Gasteiger partial charge is 0.313 e. The van der Waals surface area contributed by atoms with Gasteiger partial charge in [-0.2, -0.15) is 0 Å². The Kier molecular flexibility index (Phi) is 8.64.